The molecule has 0 saturated carbocycles. The van der Waals surface area contributed by atoms with Crippen molar-refractivity contribution in [1.29, 1.82) is 0 Å². The number of aromatic amines is 1. The Balaban J connectivity index is 1.83. The molecule has 0 spiro atoms. The summed E-state index contributed by atoms with van der Waals surface area (Å²) >= 11 is 0. The Bertz CT molecular complexity index is 806. The van der Waals surface area contributed by atoms with Crippen molar-refractivity contribution in [3.63, 3.8) is 0 Å². The number of esters is 1. The Morgan fingerprint density at radius 3 is 2.73 bits per heavy atom. The smallest absolute Gasteiger partial charge is 0.340 e. The third-order valence-corrected chi connectivity index (χ3v) is 3.40. The summed E-state index contributed by atoms with van der Waals surface area (Å²) in [6, 6.07) is 11.4. The largest absolute Gasteiger partial charge is 0.487 e. The number of carbonyl (C=O) groups is 1. The molecule has 0 amide bonds. The van der Waals surface area contributed by atoms with Gasteiger partial charge in [-0.2, -0.15) is 0 Å². The summed E-state index contributed by atoms with van der Waals surface area (Å²) < 4.78 is 10.5. The van der Waals surface area contributed by atoms with E-state index in [-0.39, 0.29) is 5.97 Å². The SMILES string of the molecule is COC(=O)c1ccnc2cc(COc3ccc(C)cc3)[nH]c12. The molecule has 5 heteroatoms. The number of H-pyrrole nitrogens is 1. The van der Waals surface area contributed by atoms with E-state index in [1.54, 1.807) is 12.3 Å². The topological polar surface area (TPSA) is 64.2 Å². The molecule has 5 nitrogen and oxygen atoms in total. The first-order valence-electron chi connectivity index (χ1n) is 6.92. The van der Waals surface area contributed by atoms with Gasteiger partial charge in [0.2, 0.25) is 0 Å². The zero-order chi connectivity index (χ0) is 15.5. The first kappa shape index (κ1) is 14.1. The molecule has 0 atom stereocenters. The maximum absolute atomic E-state index is 11.7. The Kier molecular flexibility index (Phi) is 3.78. The predicted octanol–water partition coefficient (Wildman–Crippen LogP) is 3.24. The molecule has 0 aliphatic heterocycles. The Morgan fingerprint density at radius 2 is 2.00 bits per heavy atom. The average molecular weight is 296 g/mol. The van der Waals surface area contributed by atoms with E-state index in [1.807, 2.05) is 37.3 Å². The van der Waals surface area contributed by atoms with Crippen LogP contribution in [0.3, 0.4) is 0 Å². The summed E-state index contributed by atoms with van der Waals surface area (Å²) in [5.41, 5.74) is 3.88. The van der Waals surface area contributed by atoms with Crippen LogP contribution in [0.2, 0.25) is 0 Å². The maximum Gasteiger partial charge on any atom is 0.340 e. The summed E-state index contributed by atoms with van der Waals surface area (Å²) in [5.74, 6) is 0.408. The van der Waals surface area contributed by atoms with Gasteiger partial charge in [0, 0.05) is 6.20 Å². The highest BCUT2D eigenvalue weighted by Crippen LogP contribution is 2.20. The molecule has 0 aliphatic carbocycles. The van der Waals surface area contributed by atoms with Crippen molar-refractivity contribution in [1.82, 2.24) is 9.97 Å². The van der Waals surface area contributed by atoms with E-state index in [2.05, 4.69) is 9.97 Å². The molecule has 2 heterocycles. The van der Waals surface area contributed by atoms with Crippen LogP contribution < -0.4 is 4.74 Å². The summed E-state index contributed by atoms with van der Waals surface area (Å²) in [6.45, 7) is 2.40. The van der Waals surface area contributed by atoms with Gasteiger partial charge in [-0.05, 0) is 31.2 Å². The monoisotopic (exact) mass is 296 g/mol. The number of carbonyl (C=O) groups excluding carboxylic acids is 1. The predicted molar refractivity (Wildman–Crippen MR) is 82.9 cm³/mol. The standard InChI is InChI=1S/C17H16N2O3/c1-11-3-5-13(6-4-11)22-10-12-9-15-16(19-12)14(7-8-18-15)17(20)21-2/h3-9,19H,10H2,1-2H3. The van der Waals surface area contributed by atoms with Gasteiger partial charge in [0.15, 0.2) is 0 Å². The highest BCUT2D eigenvalue weighted by atomic mass is 16.5. The van der Waals surface area contributed by atoms with E-state index < -0.39 is 0 Å². The second-order valence-electron chi connectivity index (χ2n) is 5.01. The molecule has 3 aromatic rings. The fourth-order valence-corrected chi connectivity index (χ4v) is 2.23. The molecule has 0 unspecified atom stereocenters. The second kappa shape index (κ2) is 5.89. The Hall–Kier alpha value is -2.82. The number of ether oxygens (including phenoxy) is 2. The van der Waals surface area contributed by atoms with Crippen LogP contribution in [-0.4, -0.2) is 23.0 Å². The van der Waals surface area contributed by atoms with Crippen LogP contribution in [0, 0.1) is 6.92 Å². The van der Waals surface area contributed by atoms with E-state index >= 15 is 0 Å². The van der Waals surface area contributed by atoms with Gasteiger partial charge in [-0.15, -0.1) is 0 Å². The number of hydrogen-bond acceptors (Lipinski definition) is 4. The van der Waals surface area contributed by atoms with Crippen molar-refractivity contribution >= 4 is 17.0 Å². The number of nitrogens with one attached hydrogen (secondary N) is 1. The zero-order valence-corrected chi connectivity index (χ0v) is 12.4. The third kappa shape index (κ3) is 2.79. The van der Waals surface area contributed by atoms with Crippen LogP contribution in [0.25, 0.3) is 11.0 Å². The molecule has 1 N–H and O–H groups in total. The molecule has 0 aliphatic rings. The number of hydrogen-bond donors (Lipinski definition) is 1. The van der Waals surface area contributed by atoms with Crippen LogP contribution >= 0.6 is 0 Å². The number of pyridine rings is 1. The minimum atomic E-state index is -0.389. The van der Waals surface area contributed by atoms with Crippen LogP contribution in [-0.2, 0) is 11.3 Å². The minimum absolute atomic E-state index is 0.375. The van der Waals surface area contributed by atoms with Crippen LogP contribution in [0.5, 0.6) is 5.75 Å². The number of methoxy groups -OCH3 is 1. The molecule has 0 saturated heterocycles. The van der Waals surface area contributed by atoms with Crippen LogP contribution in [0.4, 0.5) is 0 Å². The quantitative estimate of drug-likeness (QED) is 0.751. The van der Waals surface area contributed by atoms with Gasteiger partial charge < -0.3 is 14.5 Å². The van der Waals surface area contributed by atoms with E-state index in [1.165, 1.54) is 12.7 Å². The molecule has 22 heavy (non-hydrogen) atoms. The fraction of sp³-hybridized carbons (Fsp3) is 0.176. The van der Waals surface area contributed by atoms with Gasteiger partial charge in [-0.25, -0.2) is 4.79 Å². The minimum Gasteiger partial charge on any atom is -0.487 e. The Morgan fingerprint density at radius 1 is 1.23 bits per heavy atom. The zero-order valence-electron chi connectivity index (χ0n) is 12.4. The second-order valence-corrected chi connectivity index (χ2v) is 5.01. The molecule has 0 fully saturated rings. The van der Waals surface area contributed by atoms with Crippen molar-refractivity contribution in [2.75, 3.05) is 7.11 Å². The van der Waals surface area contributed by atoms with Gasteiger partial charge in [0.25, 0.3) is 0 Å². The van der Waals surface area contributed by atoms with Crippen molar-refractivity contribution < 1.29 is 14.3 Å². The number of aromatic nitrogens is 2. The lowest BCUT2D eigenvalue weighted by molar-refractivity contribution is 0.0602. The van der Waals surface area contributed by atoms with E-state index in [0.29, 0.717) is 23.2 Å². The highest BCUT2D eigenvalue weighted by molar-refractivity contribution is 6.01. The molecule has 2 aromatic heterocycles. The van der Waals surface area contributed by atoms with Gasteiger partial charge in [-0.3, -0.25) is 4.98 Å². The highest BCUT2D eigenvalue weighted by Gasteiger charge is 2.13. The van der Waals surface area contributed by atoms with Gasteiger partial charge >= 0.3 is 5.97 Å². The molecule has 0 bridgehead atoms. The van der Waals surface area contributed by atoms with E-state index in [0.717, 1.165) is 11.4 Å². The lowest BCUT2D eigenvalue weighted by Crippen LogP contribution is -2.02. The van der Waals surface area contributed by atoms with Crippen molar-refractivity contribution in [2.24, 2.45) is 0 Å². The lowest BCUT2D eigenvalue weighted by Gasteiger charge is -2.04. The van der Waals surface area contributed by atoms with Crippen molar-refractivity contribution in [3.05, 3.63) is 59.4 Å². The van der Waals surface area contributed by atoms with Crippen LogP contribution in [0.15, 0.2) is 42.6 Å². The first-order chi connectivity index (χ1) is 10.7. The Labute approximate surface area is 127 Å². The van der Waals surface area contributed by atoms with Crippen molar-refractivity contribution in [3.8, 4) is 5.75 Å². The number of nitrogens with zero attached hydrogens (tertiary/aromatic N) is 1. The molecule has 0 radical (unpaired) electrons. The van der Waals surface area contributed by atoms with Gasteiger partial charge in [-0.1, -0.05) is 17.7 Å². The normalized spacial score (nSPS) is 10.6. The van der Waals surface area contributed by atoms with E-state index in [9.17, 15) is 4.79 Å². The van der Waals surface area contributed by atoms with Gasteiger partial charge in [0.1, 0.15) is 12.4 Å². The molecule has 112 valence electrons. The van der Waals surface area contributed by atoms with Crippen LogP contribution in [0.1, 0.15) is 21.6 Å². The summed E-state index contributed by atoms with van der Waals surface area (Å²) in [5, 5.41) is 0. The third-order valence-electron chi connectivity index (χ3n) is 3.40. The maximum atomic E-state index is 11.7. The molecular weight excluding hydrogens is 280 g/mol. The number of aryl methyl sites for hydroxylation is 1. The molecule has 3 rings (SSSR count). The number of benzene rings is 1. The van der Waals surface area contributed by atoms with Crippen molar-refractivity contribution in [2.45, 2.75) is 13.5 Å². The summed E-state index contributed by atoms with van der Waals surface area (Å²) in [7, 11) is 1.36. The molecular formula is C17H16N2O3. The molecule has 1 aromatic carbocycles. The first-order valence-corrected chi connectivity index (χ1v) is 6.92. The lowest BCUT2D eigenvalue weighted by atomic mass is 10.2. The van der Waals surface area contributed by atoms with E-state index in [4.69, 9.17) is 9.47 Å². The van der Waals surface area contributed by atoms with Gasteiger partial charge in [0.05, 0.1) is 29.4 Å². The summed E-state index contributed by atoms with van der Waals surface area (Å²) in [6.07, 6.45) is 1.59. The fourth-order valence-electron chi connectivity index (χ4n) is 2.23. The average Bonchev–Trinajstić information content (AvgIpc) is 2.96. The summed E-state index contributed by atoms with van der Waals surface area (Å²) in [4.78, 5) is 19.2. The number of fused-ring (bicyclic) bond motifs is 1. The number of rotatable bonds is 4.